The van der Waals surface area contributed by atoms with Gasteiger partial charge in [-0.3, -0.25) is 9.78 Å². The molecule has 0 radical (unpaired) electrons. The highest BCUT2D eigenvalue weighted by Gasteiger charge is 2.15. The smallest absolute Gasteiger partial charge is 0.337 e. The van der Waals surface area contributed by atoms with Gasteiger partial charge in [0.1, 0.15) is 11.3 Å². The number of carbonyl (C=O) groups is 1. The van der Waals surface area contributed by atoms with Crippen LogP contribution >= 0.6 is 0 Å². The number of hydrogen-bond donors (Lipinski definition) is 0. The largest absolute Gasteiger partial charge is 0.465 e. The highest BCUT2D eigenvalue weighted by molar-refractivity contribution is 5.94. The first-order valence-electron chi connectivity index (χ1n) is 8.83. The first kappa shape index (κ1) is 18.6. The molecule has 0 aliphatic rings. The van der Waals surface area contributed by atoms with Gasteiger partial charge in [0.25, 0.3) is 0 Å². The van der Waals surface area contributed by atoms with Crippen molar-refractivity contribution in [3.63, 3.8) is 0 Å². The molecule has 0 aliphatic heterocycles. The third kappa shape index (κ3) is 3.97. The van der Waals surface area contributed by atoms with Crippen LogP contribution in [0.15, 0.2) is 45.6 Å². The number of ether oxygens (including phenoxy) is 1. The summed E-state index contributed by atoms with van der Waals surface area (Å²) in [6, 6.07) is 10.5. The van der Waals surface area contributed by atoms with Crippen LogP contribution in [0.5, 0.6) is 0 Å². The SMILES string of the molecule is CCCc1c(/C=C/c2cccc(C)n2)oc2ccc(C(=O)OC)cc2c1=O. The van der Waals surface area contributed by atoms with E-state index in [1.165, 1.54) is 13.2 Å². The Hall–Kier alpha value is -3.21. The summed E-state index contributed by atoms with van der Waals surface area (Å²) in [7, 11) is 1.31. The first-order chi connectivity index (χ1) is 13.0. The van der Waals surface area contributed by atoms with Gasteiger partial charge in [-0.05, 0) is 55.8 Å². The Labute approximate surface area is 157 Å². The molecule has 27 heavy (non-hydrogen) atoms. The first-order valence-corrected chi connectivity index (χ1v) is 8.83. The summed E-state index contributed by atoms with van der Waals surface area (Å²) >= 11 is 0. The average molecular weight is 363 g/mol. The number of pyridine rings is 1. The topological polar surface area (TPSA) is 69.4 Å². The lowest BCUT2D eigenvalue weighted by Gasteiger charge is -2.07. The van der Waals surface area contributed by atoms with Crippen LogP contribution in [-0.2, 0) is 11.2 Å². The molecule has 0 saturated carbocycles. The van der Waals surface area contributed by atoms with E-state index in [0.717, 1.165) is 17.8 Å². The van der Waals surface area contributed by atoms with Gasteiger partial charge in [-0.2, -0.15) is 0 Å². The van der Waals surface area contributed by atoms with E-state index in [-0.39, 0.29) is 5.43 Å². The Morgan fingerprint density at radius 3 is 2.74 bits per heavy atom. The molecule has 0 amide bonds. The number of rotatable bonds is 5. The van der Waals surface area contributed by atoms with Gasteiger partial charge in [0.15, 0.2) is 5.43 Å². The molecule has 5 heteroatoms. The van der Waals surface area contributed by atoms with E-state index in [9.17, 15) is 9.59 Å². The molecule has 0 N–H and O–H groups in total. The number of methoxy groups -OCH3 is 1. The summed E-state index contributed by atoms with van der Waals surface area (Å²) in [6.45, 7) is 3.93. The average Bonchev–Trinajstić information content (AvgIpc) is 2.68. The molecule has 0 saturated heterocycles. The highest BCUT2D eigenvalue weighted by Crippen LogP contribution is 2.21. The van der Waals surface area contributed by atoms with E-state index in [0.29, 0.717) is 34.3 Å². The minimum atomic E-state index is -0.483. The second-order valence-electron chi connectivity index (χ2n) is 6.26. The molecule has 138 valence electrons. The molecule has 0 spiro atoms. The van der Waals surface area contributed by atoms with Gasteiger partial charge in [0, 0.05) is 11.3 Å². The predicted molar refractivity (Wildman–Crippen MR) is 106 cm³/mol. The molecule has 0 fully saturated rings. The van der Waals surface area contributed by atoms with Gasteiger partial charge in [-0.1, -0.05) is 19.4 Å². The van der Waals surface area contributed by atoms with Crippen LogP contribution in [0.25, 0.3) is 23.1 Å². The van der Waals surface area contributed by atoms with Crippen LogP contribution in [0.2, 0.25) is 0 Å². The molecule has 3 rings (SSSR count). The van der Waals surface area contributed by atoms with Crippen molar-refractivity contribution in [2.75, 3.05) is 7.11 Å². The van der Waals surface area contributed by atoms with Crippen molar-refractivity contribution < 1.29 is 13.9 Å². The minimum absolute atomic E-state index is 0.124. The van der Waals surface area contributed by atoms with E-state index < -0.39 is 5.97 Å². The molecule has 1 aromatic carbocycles. The van der Waals surface area contributed by atoms with Gasteiger partial charge < -0.3 is 9.15 Å². The standard InChI is InChI=1S/C22H21NO4/c1-4-6-17-19(12-10-16-8-5-7-14(2)23-16)27-20-11-9-15(22(25)26-3)13-18(20)21(17)24/h5,7-13H,4,6H2,1-3H3/b12-10+. The number of carbonyl (C=O) groups excluding carboxylic acids is 1. The lowest BCUT2D eigenvalue weighted by Crippen LogP contribution is -2.12. The molecule has 0 atom stereocenters. The third-order valence-corrected chi connectivity index (χ3v) is 4.25. The minimum Gasteiger partial charge on any atom is -0.465 e. The fourth-order valence-electron chi connectivity index (χ4n) is 2.94. The maximum Gasteiger partial charge on any atom is 0.337 e. The summed E-state index contributed by atoms with van der Waals surface area (Å²) in [4.78, 5) is 29.2. The van der Waals surface area contributed by atoms with E-state index in [4.69, 9.17) is 9.15 Å². The normalized spacial score (nSPS) is 11.2. The van der Waals surface area contributed by atoms with Crippen LogP contribution in [0.4, 0.5) is 0 Å². The summed E-state index contributed by atoms with van der Waals surface area (Å²) in [5, 5.41) is 0.382. The van der Waals surface area contributed by atoms with Crippen molar-refractivity contribution in [3.05, 3.63) is 74.9 Å². The maximum atomic E-state index is 13.0. The molecular weight excluding hydrogens is 342 g/mol. The number of nitrogens with zero attached hydrogens (tertiary/aromatic N) is 1. The monoisotopic (exact) mass is 363 g/mol. The zero-order chi connectivity index (χ0) is 19.4. The summed E-state index contributed by atoms with van der Waals surface area (Å²) in [6.07, 6.45) is 5.00. The van der Waals surface area contributed by atoms with E-state index in [1.807, 2.05) is 38.1 Å². The van der Waals surface area contributed by atoms with E-state index in [2.05, 4.69) is 4.98 Å². The van der Waals surface area contributed by atoms with Gasteiger partial charge in [0.2, 0.25) is 0 Å². The van der Waals surface area contributed by atoms with Crippen LogP contribution in [-0.4, -0.2) is 18.1 Å². The van der Waals surface area contributed by atoms with Crippen LogP contribution in [0.1, 0.15) is 46.4 Å². The summed E-state index contributed by atoms with van der Waals surface area (Å²) in [5.41, 5.74) is 2.94. The number of benzene rings is 1. The second kappa shape index (κ2) is 7.99. The van der Waals surface area contributed by atoms with Crippen molar-refractivity contribution in [1.29, 1.82) is 0 Å². The van der Waals surface area contributed by atoms with Crippen molar-refractivity contribution in [2.24, 2.45) is 0 Å². The van der Waals surface area contributed by atoms with Crippen molar-refractivity contribution >= 4 is 29.1 Å². The molecule has 0 bridgehead atoms. The molecule has 2 heterocycles. The Morgan fingerprint density at radius 2 is 2.04 bits per heavy atom. The van der Waals surface area contributed by atoms with E-state index >= 15 is 0 Å². The molecule has 2 aromatic heterocycles. The summed E-state index contributed by atoms with van der Waals surface area (Å²) in [5.74, 6) is 0.0336. The Bertz CT molecular complexity index is 1080. The van der Waals surface area contributed by atoms with Crippen molar-refractivity contribution in [3.8, 4) is 0 Å². The number of aryl methyl sites for hydroxylation is 1. The number of fused-ring (bicyclic) bond motifs is 1. The van der Waals surface area contributed by atoms with Gasteiger partial charge in [-0.25, -0.2) is 4.79 Å². The lowest BCUT2D eigenvalue weighted by atomic mass is 10.0. The van der Waals surface area contributed by atoms with E-state index in [1.54, 1.807) is 18.2 Å². The second-order valence-corrected chi connectivity index (χ2v) is 6.26. The fraction of sp³-hybridized carbons (Fsp3) is 0.227. The Kier molecular flexibility index (Phi) is 5.50. The molecule has 0 aliphatic carbocycles. The zero-order valence-electron chi connectivity index (χ0n) is 15.6. The summed E-state index contributed by atoms with van der Waals surface area (Å²) < 4.78 is 10.7. The highest BCUT2D eigenvalue weighted by atomic mass is 16.5. The van der Waals surface area contributed by atoms with Crippen LogP contribution in [0, 0.1) is 6.92 Å². The van der Waals surface area contributed by atoms with Crippen molar-refractivity contribution in [1.82, 2.24) is 4.98 Å². The lowest BCUT2D eigenvalue weighted by molar-refractivity contribution is 0.0601. The Balaban J connectivity index is 2.13. The third-order valence-electron chi connectivity index (χ3n) is 4.25. The Morgan fingerprint density at radius 1 is 1.22 bits per heavy atom. The van der Waals surface area contributed by atoms with Gasteiger partial charge in [-0.15, -0.1) is 0 Å². The molecule has 0 unspecified atom stereocenters. The molecular formula is C22H21NO4. The number of esters is 1. The zero-order valence-corrected chi connectivity index (χ0v) is 15.6. The van der Waals surface area contributed by atoms with Gasteiger partial charge in [0.05, 0.1) is 23.8 Å². The molecule has 3 aromatic rings. The number of aromatic nitrogens is 1. The van der Waals surface area contributed by atoms with Crippen LogP contribution in [0.3, 0.4) is 0 Å². The fourth-order valence-corrected chi connectivity index (χ4v) is 2.94. The molecule has 5 nitrogen and oxygen atoms in total. The maximum absolute atomic E-state index is 13.0. The van der Waals surface area contributed by atoms with Crippen LogP contribution < -0.4 is 5.43 Å². The van der Waals surface area contributed by atoms with Gasteiger partial charge >= 0.3 is 5.97 Å². The number of hydrogen-bond acceptors (Lipinski definition) is 5. The van der Waals surface area contributed by atoms with Crippen molar-refractivity contribution in [2.45, 2.75) is 26.7 Å². The quantitative estimate of drug-likeness (QED) is 0.628. The predicted octanol–water partition coefficient (Wildman–Crippen LogP) is 4.41.